The SMILES string of the molecule is NN(Cc1ccc(C(c2ccccc2)N2CCN(CCOCC(=O)O)CC2)cc1)C(=O)O. The molecule has 2 aromatic carbocycles. The minimum atomic E-state index is -1.16. The number of aliphatic carboxylic acids is 1. The van der Waals surface area contributed by atoms with Gasteiger partial charge in [-0.25, -0.2) is 20.4 Å². The van der Waals surface area contributed by atoms with Crippen molar-refractivity contribution in [2.45, 2.75) is 12.6 Å². The Morgan fingerprint density at radius 3 is 2.19 bits per heavy atom. The summed E-state index contributed by atoms with van der Waals surface area (Å²) in [6, 6.07) is 18.3. The highest BCUT2D eigenvalue weighted by molar-refractivity contribution is 5.68. The Kier molecular flexibility index (Phi) is 8.57. The van der Waals surface area contributed by atoms with Crippen LogP contribution in [-0.2, 0) is 16.1 Å². The van der Waals surface area contributed by atoms with Crippen molar-refractivity contribution in [2.24, 2.45) is 5.84 Å². The first-order valence-corrected chi connectivity index (χ1v) is 10.6. The van der Waals surface area contributed by atoms with Gasteiger partial charge in [-0.15, -0.1) is 0 Å². The molecule has 9 nitrogen and oxygen atoms in total. The van der Waals surface area contributed by atoms with Gasteiger partial charge in [-0.2, -0.15) is 0 Å². The third kappa shape index (κ3) is 6.76. The molecule has 0 saturated carbocycles. The molecular weight excluding hydrogens is 412 g/mol. The second kappa shape index (κ2) is 11.6. The lowest BCUT2D eigenvalue weighted by Crippen LogP contribution is -2.48. The number of carbonyl (C=O) groups is 2. The first kappa shape index (κ1) is 23.7. The van der Waals surface area contributed by atoms with Gasteiger partial charge in [-0.05, 0) is 16.7 Å². The summed E-state index contributed by atoms with van der Waals surface area (Å²) in [6.07, 6.45) is -1.16. The van der Waals surface area contributed by atoms with E-state index in [4.69, 9.17) is 20.8 Å². The molecule has 1 atom stereocenters. The Balaban J connectivity index is 1.66. The summed E-state index contributed by atoms with van der Waals surface area (Å²) in [7, 11) is 0. The smallest absolute Gasteiger partial charge is 0.421 e. The predicted molar refractivity (Wildman–Crippen MR) is 119 cm³/mol. The van der Waals surface area contributed by atoms with Crippen molar-refractivity contribution >= 4 is 12.1 Å². The summed E-state index contributed by atoms with van der Waals surface area (Å²) < 4.78 is 5.16. The highest BCUT2D eigenvalue weighted by Crippen LogP contribution is 2.30. The lowest BCUT2D eigenvalue weighted by Gasteiger charge is -2.39. The van der Waals surface area contributed by atoms with Crippen molar-refractivity contribution in [3.8, 4) is 0 Å². The van der Waals surface area contributed by atoms with E-state index in [1.807, 2.05) is 42.5 Å². The summed E-state index contributed by atoms with van der Waals surface area (Å²) in [5.74, 6) is 4.56. The maximum atomic E-state index is 11.0. The van der Waals surface area contributed by atoms with Crippen LogP contribution >= 0.6 is 0 Å². The monoisotopic (exact) mass is 442 g/mol. The molecule has 2 aromatic rings. The maximum absolute atomic E-state index is 11.0. The average Bonchev–Trinajstić information content (AvgIpc) is 2.79. The second-order valence-electron chi connectivity index (χ2n) is 7.79. The van der Waals surface area contributed by atoms with Crippen molar-refractivity contribution in [3.05, 3.63) is 71.3 Å². The topological polar surface area (TPSA) is 120 Å². The molecule has 3 rings (SSSR count). The Morgan fingerprint density at radius 1 is 0.969 bits per heavy atom. The highest BCUT2D eigenvalue weighted by atomic mass is 16.5. The Bertz CT molecular complexity index is 870. The molecular formula is C23H30N4O5. The van der Waals surface area contributed by atoms with E-state index in [0.29, 0.717) is 13.2 Å². The van der Waals surface area contributed by atoms with Gasteiger partial charge in [0.15, 0.2) is 0 Å². The highest BCUT2D eigenvalue weighted by Gasteiger charge is 2.26. The minimum Gasteiger partial charge on any atom is -0.480 e. The summed E-state index contributed by atoms with van der Waals surface area (Å²) in [5.41, 5.74) is 3.17. The zero-order valence-corrected chi connectivity index (χ0v) is 18.0. The van der Waals surface area contributed by atoms with Crippen LogP contribution in [0, 0.1) is 0 Å². The molecule has 1 aliphatic rings. The summed E-state index contributed by atoms with van der Waals surface area (Å²) in [4.78, 5) is 26.2. The molecule has 32 heavy (non-hydrogen) atoms. The molecule has 9 heteroatoms. The van der Waals surface area contributed by atoms with Crippen LogP contribution in [0.4, 0.5) is 4.79 Å². The molecule has 1 aliphatic heterocycles. The molecule has 0 radical (unpaired) electrons. The van der Waals surface area contributed by atoms with E-state index >= 15 is 0 Å². The number of carboxylic acids is 1. The summed E-state index contributed by atoms with van der Waals surface area (Å²) in [5, 5.41) is 18.4. The first-order chi connectivity index (χ1) is 15.4. The number of amides is 1. The van der Waals surface area contributed by atoms with Gasteiger partial charge in [0.1, 0.15) is 6.61 Å². The number of hydrogen-bond acceptors (Lipinski definition) is 6. The van der Waals surface area contributed by atoms with Crippen molar-refractivity contribution < 1.29 is 24.5 Å². The van der Waals surface area contributed by atoms with Crippen LogP contribution in [0.2, 0.25) is 0 Å². The molecule has 0 spiro atoms. The van der Waals surface area contributed by atoms with E-state index in [1.54, 1.807) is 0 Å². The van der Waals surface area contributed by atoms with Gasteiger partial charge in [0.25, 0.3) is 0 Å². The molecule has 1 fully saturated rings. The van der Waals surface area contributed by atoms with Gasteiger partial charge in [0.2, 0.25) is 0 Å². The quantitative estimate of drug-likeness (QED) is 0.221. The molecule has 1 amide bonds. The van der Waals surface area contributed by atoms with Gasteiger partial charge in [-0.1, -0.05) is 54.6 Å². The van der Waals surface area contributed by atoms with Gasteiger partial charge in [-0.3, -0.25) is 9.80 Å². The molecule has 0 aliphatic carbocycles. The molecule has 0 aromatic heterocycles. The lowest BCUT2D eigenvalue weighted by atomic mass is 9.95. The number of hydrogen-bond donors (Lipinski definition) is 3. The Morgan fingerprint density at radius 2 is 1.59 bits per heavy atom. The third-order valence-electron chi connectivity index (χ3n) is 5.56. The molecule has 172 valence electrons. The largest absolute Gasteiger partial charge is 0.480 e. The lowest BCUT2D eigenvalue weighted by molar-refractivity contribution is -0.142. The Labute approximate surface area is 187 Å². The van der Waals surface area contributed by atoms with Crippen LogP contribution in [0.15, 0.2) is 54.6 Å². The number of hydrazine groups is 1. The average molecular weight is 443 g/mol. The molecule has 0 bridgehead atoms. The normalized spacial score (nSPS) is 15.9. The van der Waals surface area contributed by atoms with Crippen LogP contribution < -0.4 is 5.84 Å². The Hall–Kier alpha value is -2.98. The number of ether oxygens (including phenoxy) is 1. The first-order valence-electron chi connectivity index (χ1n) is 10.6. The van der Waals surface area contributed by atoms with Crippen LogP contribution in [0.5, 0.6) is 0 Å². The number of nitrogens with two attached hydrogens (primary N) is 1. The fraction of sp³-hybridized carbons (Fsp3) is 0.391. The molecule has 1 unspecified atom stereocenters. The van der Waals surface area contributed by atoms with E-state index in [0.717, 1.165) is 42.3 Å². The third-order valence-corrected chi connectivity index (χ3v) is 5.56. The number of nitrogens with zero attached hydrogens (tertiary/aromatic N) is 3. The van der Waals surface area contributed by atoms with E-state index in [-0.39, 0.29) is 19.2 Å². The number of benzene rings is 2. The van der Waals surface area contributed by atoms with E-state index in [1.165, 1.54) is 5.56 Å². The second-order valence-corrected chi connectivity index (χ2v) is 7.79. The zero-order valence-electron chi connectivity index (χ0n) is 18.0. The summed E-state index contributed by atoms with van der Waals surface area (Å²) >= 11 is 0. The van der Waals surface area contributed by atoms with E-state index in [2.05, 4.69) is 21.9 Å². The van der Waals surface area contributed by atoms with Gasteiger partial charge >= 0.3 is 12.1 Å². The molecule has 1 heterocycles. The van der Waals surface area contributed by atoms with Crippen molar-refractivity contribution in [1.29, 1.82) is 0 Å². The van der Waals surface area contributed by atoms with Crippen molar-refractivity contribution in [3.63, 3.8) is 0 Å². The van der Waals surface area contributed by atoms with Gasteiger partial charge in [0, 0.05) is 32.7 Å². The molecule has 1 saturated heterocycles. The van der Waals surface area contributed by atoms with Crippen LogP contribution in [0.1, 0.15) is 22.7 Å². The minimum absolute atomic E-state index is 0.0871. The van der Waals surface area contributed by atoms with Crippen molar-refractivity contribution in [1.82, 2.24) is 14.8 Å². The zero-order chi connectivity index (χ0) is 22.9. The standard InChI is InChI=1S/C23H30N4O5/c24-27(23(30)31)16-18-6-8-20(9-7-18)22(19-4-2-1-3-5-19)26-12-10-25(11-13-26)14-15-32-17-21(28)29/h1-9,22H,10-17,24H2,(H,28,29)(H,30,31). The van der Waals surface area contributed by atoms with Crippen LogP contribution in [0.3, 0.4) is 0 Å². The van der Waals surface area contributed by atoms with Crippen LogP contribution in [0.25, 0.3) is 0 Å². The number of rotatable bonds is 10. The van der Waals surface area contributed by atoms with E-state index in [9.17, 15) is 9.59 Å². The van der Waals surface area contributed by atoms with E-state index < -0.39 is 12.1 Å². The fourth-order valence-electron chi connectivity index (χ4n) is 3.92. The van der Waals surface area contributed by atoms with Gasteiger partial charge < -0.3 is 14.9 Å². The predicted octanol–water partition coefficient (Wildman–Crippen LogP) is 1.85. The van der Waals surface area contributed by atoms with Crippen molar-refractivity contribution in [2.75, 3.05) is 45.9 Å². The maximum Gasteiger partial charge on any atom is 0.421 e. The fourth-order valence-corrected chi connectivity index (χ4v) is 3.92. The number of carboxylic acid groups (broad SMARTS) is 2. The number of piperazine rings is 1. The van der Waals surface area contributed by atoms with Crippen LogP contribution in [-0.4, -0.2) is 83.0 Å². The molecule has 4 N–H and O–H groups in total. The summed E-state index contributed by atoms with van der Waals surface area (Å²) in [6.45, 7) is 4.48. The van der Waals surface area contributed by atoms with Gasteiger partial charge in [0.05, 0.1) is 19.2 Å².